The minimum Gasteiger partial charge on any atom is -0.326 e. The Labute approximate surface area is 134 Å². The summed E-state index contributed by atoms with van der Waals surface area (Å²) in [6, 6.07) is 8.94. The minimum atomic E-state index is 0.000377. The molecule has 6 nitrogen and oxygen atoms in total. The number of nitriles is 1. The van der Waals surface area contributed by atoms with Gasteiger partial charge in [0.25, 0.3) is 0 Å². The molecule has 116 valence electrons. The molecule has 1 atom stereocenters. The predicted octanol–water partition coefficient (Wildman–Crippen LogP) is 1.95. The highest BCUT2D eigenvalue weighted by molar-refractivity contribution is 5.93. The topological polar surface area (TPSA) is 90.7 Å². The molecule has 2 N–H and O–H groups in total. The van der Waals surface area contributed by atoms with Crippen LogP contribution >= 0.6 is 0 Å². The number of carbonyl (C=O) groups is 1. The Bertz CT molecular complexity index is 747. The molecule has 2 aromatic heterocycles. The number of anilines is 1. The van der Waals surface area contributed by atoms with E-state index < -0.39 is 0 Å². The summed E-state index contributed by atoms with van der Waals surface area (Å²) in [5, 5.41) is 15.1. The van der Waals surface area contributed by atoms with Gasteiger partial charge in [-0.1, -0.05) is 0 Å². The molecule has 1 unspecified atom stereocenters. The summed E-state index contributed by atoms with van der Waals surface area (Å²) in [6.45, 7) is 1.69. The average Bonchev–Trinajstić information content (AvgIpc) is 2.63. The molecule has 3 heterocycles. The van der Waals surface area contributed by atoms with Crippen LogP contribution in [0.15, 0.2) is 36.7 Å². The van der Waals surface area contributed by atoms with E-state index in [9.17, 15) is 4.79 Å². The van der Waals surface area contributed by atoms with Gasteiger partial charge in [0, 0.05) is 24.6 Å². The zero-order valence-electron chi connectivity index (χ0n) is 12.6. The smallest absolute Gasteiger partial charge is 0.228 e. The SMILES string of the molecule is N#Cc1ccnc(-c2cc(NC(=O)C3CCCNC3)ccn2)c1. The number of piperidine rings is 1. The third-order valence-electron chi connectivity index (χ3n) is 3.85. The molecular weight excluding hydrogens is 290 g/mol. The van der Waals surface area contributed by atoms with Crippen LogP contribution in [-0.2, 0) is 4.79 Å². The van der Waals surface area contributed by atoms with E-state index in [1.807, 2.05) is 0 Å². The highest BCUT2D eigenvalue weighted by atomic mass is 16.1. The zero-order valence-corrected chi connectivity index (χ0v) is 12.6. The fraction of sp³-hybridized carbons (Fsp3) is 0.294. The second-order valence-corrected chi connectivity index (χ2v) is 5.50. The van der Waals surface area contributed by atoms with Crippen LogP contribution in [0, 0.1) is 17.2 Å². The second-order valence-electron chi connectivity index (χ2n) is 5.50. The largest absolute Gasteiger partial charge is 0.326 e. The molecule has 1 saturated heterocycles. The number of amides is 1. The van der Waals surface area contributed by atoms with Gasteiger partial charge in [-0.2, -0.15) is 5.26 Å². The van der Waals surface area contributed by atoms with E-state index in [4.69, 9.17) is 5.26 Å². The van der Waals surface area contributed by atoms with Crippen LogP contribution in [0.1, 0.15) is 18.4 Å². The summed E-state index contributed by atoms with van der Waals surface area (Å²) in [4.78, 5) is 20.8. The van der Waals surface area contributed by atoms with Crippen LogP contribution in [0.5, 0.6) is 0 Å². The Morgan fingerprint density at radius 1 is 1.26 bits per heavy atom. The van der Waals surface area contributed by atoms with Crippen LogP contribution in [0.3, 0.4) is 0 Å². The summed E-state index contributed by atoms with van der Waals surface area (Å²) >= 11 is 0. The lowest BCUT2D eigenvalue weighted by atomic mass is 9.99. The van der Waals surface area contributed by atoms with Crippen molar-refractivity contribution in [3.63, 3.8) is 0 Å². The van der Waals surface area contributed by atoms with Gasteiger partial charge in [-0.3, -0.25) is 14.8 Å². The third kappa shape index (κ3) is 3.71. The van der Waals surface area contributed by atoms with Gasteiger partial charge in [0.2, 0.25) is 5.91 Å². The van der Waals surface area contributed by atoms with Gasteiger partial charge in [-0.15, -0.1) is 0 Å². The summed E-state index contributed by atoms with van der Waals surface area (Å²) in [5.74, 6) is 0.0218. The number of pyridine rings is 2. The molecule has 2 aromatic rings. The van der Waals surface area contributed by atoms with E-state index in [-0.39, 0.29) is 11.8 Å². The van der Waals surface area contributed by atoms with Gasteiger partial charge < -0.3 is 10.6 Å². The highest BCUT2D eigenvalue weighted by Crippen LogP contribution is 2.20. The maximum absolute atomic E-state index is 12.3. The van der Waals surface area contributed by atoms with Crippen molar-refractivity contribution in [2.75, 3.05) is 18.4 Å². The quantitative estimate of drug-likeness (QED) is 0.904. The summed E-state index contributed by atoms with van der Waals surface area (Å²) < 4.78 is 0. The predicted molar refractivity (Wildman–Crippen MR) is 86.4 cm³/mol. The normalized spacial score (nSPS) is 17.3. The first-order valence-corrected chi connectivity index (χ1v) is 7.60. The molecule has 0 aliphatic carbocycles. The lowest BCUT2D eigenvalue weighted by Gasteiger charge is -2.21. The average molecular weight is 307 g/mol. The standard InChI is InChI=1S/C17H17N5O/c18-10-12-3-6-20-15(8-12)16-9-14(4-7-21-16)22-17(23)13-2-1-5-19-11-13/h3-4,6-9,13,19H,1-2,5,11H2,(H,21,22,23). The maximum atomic E-state index is 12.3. The first kappa shape index (κ1) is 15.1. The van der Waals surface area contributed by atoms with Crippen molar-refractivity contribution in [1.82, 2.24) is 15.3 Å². The van der Waals surface area contributed by atoms with E-state index in [0.29, 0.717) is 22.6 Å². The molecule has 6 heteroatoms. The van der Waals surface area contributed by atoms with E-state index in [0.717, 1.165) is 25.9 Å². The van der Waals surface area contributed by atoms with Gasteiger partial charge in [-0.25, -0.2) is 0 Å². The Morgan fingerprint density at radius 2 is 2.04 bits per heavy atom. The Morgan fingerprint density at radius 3 is 2.78 bits per heavy atom. The number of nitrogens with zero attached hydrogens (tertiary/aromatic N) is 3. The lowest BCUT2D eigenvalue weighted by Crippen LogP contribution is -2.37. The first-order valence-electron chi connectivity index (χ1n) is 7.60. The molecule has 0 radical (unpaired) electrons. The fourth-order valence-electron chi connectivity index (χ4n) is 2.61. The van der Waals surface area contributed by atoms with Crippen molar-refractivity contribution in [2.24, 2.45) is 5.92 Å². The molecule has 23 heavy (non-hydrogen) atoms. The Hall–Kier alpha value is -2.78. The van der Waals surface area contributed by atoms with E-state index >= 15 is 0 Å². The van der Waals surface area contributed by atoms with Crippen molar-refractivity contribution in [3.05, 3.63) is 42.2 Å². The number of rotatable bonds is 3. The van der Waals surface area contributed by atoms with Gasteiger partial charge >= 0.3 is 0 Å². The molecule has 0 saturated carbocycles. The molecular formula is C17H17N5O. The van der Waals surface area contributed by atoms with E-state index in [1.165, 1.54) is 0 Å². The monoisotopic (exact) mass is 307 g/mol. The lowest BCUT2D eigenvalue weighted by molar-refractivity contribution is -0.120. The van der Waals surface area contributed by atoms with Crippen LogP contribution in [0.4, 0.5) is 5.69 Å². The second kappa shape index (κ2) is 6.99. The molecule has 0 aromatic carbocycles. The van der Waals surface area contributed by atoms with Gasteiger partial charge in [-0.05, 0) is 43.7 Å². The number of aromatic nitrogens is 2. The van der Waals surface area contributed by atoms with Crippen molar-refractivity contribution in [1.29, 1.82) is 5.26 Å². The molecule has 1 amide bonds. The number of hydrogen-bond donors (Lipinski definition) is 2. The molecule has 1 aliphatic rings. The van der Waals surface area contributed by atoms with Crippen molar-refractivity contribution >= 4 is 11.6 Å². The van der Waals surface area contributed by atoms with Gasteiger partial charge in [0.1, 0.15) is 0 Å². The molecule has 3 rings (SSSR count). The molecule has 0 spiro atoms. The Balaban J connectivity index is 1.77. The van der Waals surface area contributed by atoms with Crippen LogP contribution in [-0.4, -0.2) is 29.0 Å². The number of hydrogen-bond acceptors (Lipinski definition) is 5. The summed E-state index contributed by atoms with van der Waals surface area (Å²) in [5.41, 5.74) is 2.45. The molecule has 1 aliphatic heterocycles. The summed E-state index contributed by atoms with van der Waals surface area (Å²) in [6.07, 6.45) is 5.13. The molecule has 0 bridgehead atoms. The van der Waals surface area contributed by atoms with Crippen molar-refractivity contribution in [2.45, 2.75) is 12.8 Å². The van der Waals surface area contributed by atoms with Gasteiger partial charge in [0.15, 0.2) is 0 Å². The first-order chi connectivity index (χ1) is 11.3. The van der Waals surface area contributed by atoms with E-state index in [1.54, 1.807) is 36.7 Å². The number of nitrogens with one attached hydrogen (secondary N) is 2. The summed E-state index contributed by atoms with van der Waals surface area (Å²) in [7, 11) is 0. The fourth-order valence-corrected chi connectivity index (χ4v) is 2.61. The molecule has 1 fully saturated rings. The van der Waals surface area contributed by atoms with Gasteiger partial charge in [0.05, 0.1) is 28.9 Å². The minimum absolute atomic E-state index is 0.000377. The Kier molecular flexibility index (Phi) is 4.60. The van der Waals surface area contributed by atoms with Crippen molar-refractivity contribution < 1.29 is 4.79 Å². The van der Waals surface area contributed by atoms with Crippen LogP contribution in [0.2, 0.25) is 0 Å². The highest BCUT2D eigenvalue weighted by Gasteiger charge is 2.20. The third-order valence-corrected chi connectivity index (χ3v) is 3.85. The van der Waals surface area contributed by atoms with Crippen LogP contribution < -0.4 is 10.6 Å². The zero-order chi connectivity index (χ0) is 16.1. The number of carbonyl (C=O) groups excluding carboxylic acids is 1. The van der Waals surface area contributed by atoms with Crippen LogP contribution in [0.25, 0.3) is 11.4 Å². The maximum Gasteiger partial charge on any atom is 0.228 e. The van der Waals surface area contributed by atoms with Crippen molar-refractivity contribution in [3.8, 4) is 17.5 Å². The van der Waals surface area contributed by atoms with E-state index in [2.05, 4.69) is 26.7 Å².